The maximum atomic E-state index is 13.3. The molecule has 1 amide bonds. The number of nitrogens with one attached hydrogen (secondary N) is 1. The van der Waals surface area contributed by atoms with Crippen LogP contribution in [0, 0.1) is 11.8 Å². The second-order valence-corrected chi connectivity index (χ2v) is 7.52. The van der Waals surface area contributed by atoms with Gasteiger partial charge in [0.25, 0.3) is 0 Å². The number of carbonyl (C=O) groups excluding carboxylic acids is 2. The Morgan fingerprint density at radius 2 is 2.11 bits per heavy atom. The van der Waals surface area contributed by atoms with Crippen molar-refractivity contribution in [2.24, 2.45) is 11.8 Å². The van der Waals surface area contributed by atoms with Crippen molar-refractivity contribution >= 4 is 22.8 Å². The molecule has 6 nitrogen and oxygen atoms in total. The average Bonchev–Trinajstić information content (AvgIpc) is 3.10. The maximum absolute atomic E-state index is 13.3. The Bertz CT molecular complexity index is 945. The molecule has 1 aromatic carbocycles. The molecule has 2 aromatic rings. The minimum Gasteiger partial charge on any atom is -0.504 e. The van der Waals surface area contributed by atoms with Crippen molar-refractivity contribution in [3.63, 3.8) is 0 Å². The van der Waals surface area contributed by atoms with Gasteiger partial charge in [0.05, 0.1) is 32.1 Å². The molecule has 0 saturated carbocycles. The van der Waals surface area contributed by atoms with Crippen LogP contribution in [0.3, 0.4) is 0 Å². The van der Waals surface area contributed by atoms with Crippen molar-refractivity contribution in [2.75, 3.05) is 20.8 Å². The van der Waals surface area contributed by atoms with E-state index in [1.165, 1.54) is 31.4 Å². The van der Waals surface area contributed by atoms with Gasteiger partial charge in [0.2, 0.25) is 5.91 Å². The molecule has 2 aliphatic heterocycles. The van der Waals surface area contributed by atoms with Crippen LogP contribution in [-0.4, -0.2) is 42.5 Å². The number of aromatic amines is 1. The quantitative estimate of drug-likeness (QED) is 0.500. The number of benzene rings is 1. The average molecular weight is 382 g/mol. The lowest BCUT2D eigenvalue weighted by Crippen LogP contribution is -2.50. The fourth-order valence-corrected chi connectivity index (χ4v) is 4.95. The fraction of sp³-hybridized carbons (Fsp3) is 0.455. The summed E-state index contributed by atoms with van der Waals surface area (Å²) >= 11 is 0. The summed E-state index contributed by atoms with van der Waals surface area (Å²) in [6.07, 6.45) is 3.64. The number of para-hydroxylation sites is 1. The monoisotopic (exact) mass is 382 g/mol. The zero-order valence-electron chi connectivity index (χ0n) is 16.5. The Hall–Kier alpha value is -2.76. The Morgan fingerprint density at radius 3 is 2.82 bits per heavy atom. The van der Waals surface area contributed by atoms with E-state index in [9.17, 15) is 9.59 Å². The zero-order chi connectivity index (χ0) is 19.8. The first kappa shape index (κ1) is 18.6. The van der Waals surface area contributed by atoms with Crippen molar-refractivity contribution < 1.29 is 19.1 Å². The Morgan fingerprint density at radius 1 is 1.32 bits per heavy atom. The molecule has 6 heteroatoms. The summed E-state index contributed by atoms with van der Waals surface area (Å²) in [6, 6.07) is 8.19. The first-order chi connectivity index (χ1) is 13.6. The summed E-state index contributed by atoms with van der Waals surface area (Å²) in [5.41, 5.74) is 3.92. The van der Waals surface area contributed by atoms with Crippen molar-refractivity contribution in [3.05, 3.63) is 47.4 Å². The molecule has 148 valence electrons. The molecule has 0 radical (unpaired) electrons. The smallest absolute Gasteiger partial charge is 0.337 e. The topological polar surface area (TPSA) is 71.6 Å². The van der Waals surface area contributed by atoms with Gasteiger partial charge in [-0.05, 0) is 30.9 Å². The molecular formula is C22H26N2O4. The summed E-state index contributed by atoms with van der Waals surface area (Å²) in [4.78, 5) is 31.3. The zero-order valence-corrected chi connectivity index (χ0v) is 16.5. The lowest BCUT2D eigenvalue weighted by Gasteiger charge is -2.45. The van der Waals surface area contributed by atoms with E-state index in [0.717, 1.165) is 17.6 Å². The number of hydrogen-bond donors (Lipinski definition) is 1. The SMILES string of the molecule is CC[C@H]1C(=O)N2CCc3c([nH]c4ccccc34)[C@@H]2CC1/C(=C\OC)C(=O)OC. The van der Waals surface area contributed by atoms with E-state index in [4.69, 9.17) is 9.47 Å². The third-order valence-electron chi connectivity index (χ3n) is 6.23. The van der Waals surface area contributed by atoms with E-state index >= 15 is 0 Å². The number of rotatable bonds is 4. The van der Waals surface area contributed by atoms with Crippen LogP contribution in [0.1, 0.15) is 37.1 Å². The van der Waals surface area contributed by atoms with Crippen molar-refractivity contribution in [3.8, 4) is 0 Å². The van der Waals surface area contributed by atoms with Gasteiger partial charge in [-0.3, -0.25) is 4.79 Å². The Labute approximate surface area is 164 Å². The molecule has 0 bridgehead atoms. The van der Waals surface area contributed by atoms with Gasteiger partial charge in [0.15, 0.2) is 0 Å². The number of carbonyl (C=O) groups is 2. The number of ether oxygens (including phenoxy) is 2. The van der Waals surface area contributed by atoms with Crippen LogP contribution < -0.4 is 0 Å². The predicted octanol–water partition coefficient (Wildman–Crippen LogP) is 3.34. The summed E-state index contributed by atoms with van der Waals surface area (Å²) in [5.74, 6) is -0.801. The number of aromatic nitrogens is 1. The fourth-order valence-electron chi connectivity index (χ4n) is 4.95. The number of piperidine rings is 1. The molecule has 0 aliphatic carbocycles. The highest BCUT2D eigenvalue weighted by molar-refractivity contribution is 5.92. The van der Waals surface area contributed by atoms with Crippen LogP contribution in [0.15, 0.2) is 36.1 Å². The molecule has 0 spiro atoms. The van der Waals surface area contributed by atoms with E-state index in [-0.39, 0.29) is 23.8 Å². The summed E-state index contributed by atoms with van der Waals surface area (Å²) in [6.45, 7) is 2.71. The van der Waals surface area contributed by atoms with Gasteiger partial charge in [-0.1, -0.05) is 25.1 Å². The molecule has 2 aliphatic rings. The predicted molar refractivity (Wildman–Crippen MR) is 105 cm³/mol. The third kappa shape index (κ3) is 2.79. The van der Waals surface area contributed by atoms with Gasteiger partial charge in [-0.15, -0.1) is 0 Å². The molecule has 3 heterocycles. The number of H-pyrrole nitrogens is 1. The summed E-state index contributed by atoms with van der Waals surface area (Å²) in [7, 11) is 2.87. The summed E-state index contributed by atoms with van der Waals surface area (Å²) in [5, 5.41) is 1.22. The third-order valence-corrected chi connectivity index (χ3v) is 6.23. The maximum Gasteiger partial charge on any atom is 0.337 e. The number of amides is 1. The minimum absolute atomic E-state index is 0.0682. The van der Waals surface area contributed by atoms with Gasteiger partial charge in [0, 0.05) is 35.0 Å². The van der Waals surface area contributed by atoms with Crippen LogP contribution in [0.2, 0.25) is 0 Å². The Kier molecular flexibility index (Phi) is 4.87. The van der Waals surface area contributed by atoms with Crippen LogP contribution in [0.5, 0.6) is 0 Å². The van der Waals surface area contributed by atoms with Crippen LogP contribution in [-0.2, 0) is 25.5 Å². The number of fused-ring (bicyclic) bond motifs is 5. The number of esters is 1. The van der Waals surface area contributed by atoms with Crippen LogP contribution in [0.4, 0.5) is 0 Å². The van der Waals surface area contributed by atoms with E-state index in [1.807, 2.05) is 24.0 Å². The van der Waals surface area contributed by atoms with Gasteiger partial charge >= 0.3 is 5.97 Å². The molecule has 4 rings (SSSR count). The molecule has 1 fully saturated rings. The van der Waals surface area contributed by atoms with Crippen molar-refractivity contribution in [1.82, 2.24) is 9.88 Å². The van der Waals surface area contributed by atoms with Crippen molar-refractivity contribution in [1.29, 1.82) is 0 Å². The number of methoxy groups -OCH3 is 2. The molecule has 1 unspecified atom stereocenters. The second-order valence-electron chi connectivity index (χ2n) is 7.52. The highest BCUT2D eigenvalue weighted by atomic mass is 16.5. The van der Waals surface area contributed by atoms with Gasteiger partial charge in [0.1, 0.15) is 0 Å². The Balaban J connectivity index is 1.79. The summed E-state index contributed by atoms with van der Waals surface area (Å²) < 4.78 is 10.1. The lowest BCUT2D eigenvalue weighted by atomic mass is 9.73. The first-order valence-corrected chi connectivity index (χ1v) is 9.81. The van der Waals surface area contributed by atoms with Gasteiger partial charge < -0.3 is 19.4 Å². The number of nitrogens with zero attached hydrogens (tertiary/aromatic N) is 1. The highest BCUT2D eigenvalue weighted by Crippen LogP contribution is 2.46. The van der Waals surface area contributed by atoms with Crippen LogP contribution >= 0.6 is 0 Å². The molecule has 3 atom stereocenters. The number of hydrogen-bond acceptors (Lipinski definition) is 4. The molecule has 1 saturated heterocycles. The second kappa shape index (κ2) is 7.34. The van der Waals surface area contributed by atoms with Crippen LogP contribution in [0.25, 0.3) is 10.9 Å². The molecular weight excluding hydrogens is 356 g/mol. The molecule has 1 aromatic heterocycles. The van der Waals surface area contributed by atoms with Gasteiger partial charge in [-0.25, -0.2) is 4.79 Å². The van der Waals surface area contributed by atoms with E-state index in [2.05, 4.69) is 17.1 Å². The molecule has 28 heavy (non-hydrogen) atoms. The van der Waals surface area contributed by atoms with Crippen molar-refractivity contribution in [2.45, 2.75) is 32.2 Å². The van der Waals surface area contributed by atoms with E-state index in [1.54, 1.807) is 0 Å². The largest absolute Gasteiger partial charge is 0.504 e. The standard InChI is InChI=1S/C22H26N2O4/c1-4-13-16(17(12-27-2)22(26)28-3)11-19-20-15(9-10-24(19)21(13)25)14-7-5-6-8-18(14)23-20/h5-8,12-13,16,19,23H,4,9-11H2,1-3H3/b17-12+/t13-,16?,19+/m1/s1. The van der Waals surface area contributed by atoms with E-state index in [0.29, 0.717) is 25.0 Å². The highest BCUT2D eigenvalue weighted by Gasteiger charge is 2.47. The first-order valence-electron chi connectivity index (χ1n) is 9.81. The van der Waals surface area contributed by atoms with E-state index < -0.39 is 5.97 Å². The minimum atomic E-state index is -0.431. The normalized spacial score (nSPS) is 24.7. The lowest BCUT2D eigenvalue weighted by molar-refractivity contribution is -0.146. The van der Waals surface area contributed by atoms with Gasteiger partial charge in [-0.2, -0.15) is 0 Å². The molecule has 1 N–H and O–H groups in total.